The minimum absolute atomic E-state index is 0.186. The van der Waals surface area contributed by atoms with Gasteiger partial charge in [0, 0.05) is 12.8 Å². The minimum Gasteiger partial charge on any atom is -0.481 e. The van der Waals surface area contributed by atoms with Crippen molar-refractivity contribution in [2.45, 2.75) is 59.8 Å². The number of carboxylic acids is 2. The largest absolute Gasteiger partial charge is 0.481 e. The third-order valence-electron chi connectivity index (χ3n) is 1.63. The molecule has 0 bridgehead atoms. The predicted octanol–water partition coefficient (Wildman–Crippen LogP) is 2.30. The van der Waals surface area contributed by atoms with E-state index in [1.54, 1.807) is 0 Å². The van der Waals surface area contributed by atoms with Gasteiger partial charge < -0.3 is 10.2 Å². The first kappa shape index (κ1) is 22.5. The van der Waals surface area contributed by atoms with Gasteiger partial charge in [0.15, 0.2) is 0 Å². The van der Waals surface area contributed by atoms with E-state index in [0.29, 0.717) is 0 Å². The van der Waals surface area contributed by atoms with E-state index in [2.05, 4.69) is 0 Å². The number of rotatable bonds is 8. The van der Waals surface area contributed by atoms with Crippen LogP contribution in [-0.4, -0.2) is 33.7 Å². The van der Waals surface area contributed by atoms with Crippen LogP contribution in [0.3, 0.4) is 0 Å². The summed E-state index contributed by atoms with van der Waals surface area (Å²) in [6.07, 6.45) is -1.35. The molecule has 0 spiro atoms. The molecule has 0 saturated heterocycles. The summed E-state index contributed by atoms with van der Waals surface area (Å²) < 4.78 is 0. The average molecular weight is 276 g/mol. The highest BCUT2D eigenvalue weighted by atomic mass is 16.4. The molecule has 0 fully saturated rings. The van der Waals surface area contributed by atoms with Gasteiger partial charge in [-0.3, -0.25) is 19.2 Å². The standard InChI is InChI=1S/C9H12O6.2C2H6/c10-6(1-3-8(12)13)5-7(11)2-4-9(14)15;2*1-2/h1-5H2,(H,12,13)(H,14,15);2*1-2H3. The number of carboxylic acid groups (broad SMARTS) is 2. The summed E-state index contributed by atoms with van der Waals surface area (Å²) in [4.78, 5) is 42.1. The van der Waals surface area contributed by atoms with Gasteiger partial charge in [-0.2, -0.15) is 0 Å². The van der Waals surface area contributed by atoms with Crippen LogP contribution in [0.1, 0.15) is 59.8 Å². The zero-order chi connectivity index (χ0) is 15.8. The van der Waals surface area contributed by atoms with Gasteiger partial charge in [0.05, 0.1) is 19.3 Å². The van der Waals surface area contributed by atoms with E-state index in [-0.39, 0.29) is 32.1 Å². The Labute approximate surface area is 113 Å². The van der Waals surface area contributed by atoms with Crippen molar-refractivity contribution in [3.63, 3.8) is 0 Å². The lowest BCUT2D eigenvalue weighted by Crippen LogP contribution is -2.11. The van der Waals surface area contributed by atoms with Crippen molar-refractivity contribution >= 4 is 23.5 Å². The van der Waals surface area contributed by atoms with Crippen LogP contribution in [0.2, 0.25) is 0 Å². The van der Waals surface area contributed by atoms with E-state index in [0.717, 1.165) is 0 Å². The summed E-state index contributed by atoms with van der Waals surface area (Å²) in [6.45, 7) is 8.00. The Hall–Kier alpha value is -1.72. The van der Waals surface area contributed by atoms with Gasteiger partial charge in [-0.15, -0.1) is 0 Å². The summed E-state index contributed by atoms with van der Waals surface area (Å²) in [5.41, 5.74) is 0. The van der Waals surface area contributed by atoms with E-state index < -0.39 is 23.5 Å². The van der Waals surface area contributed by atoms with Crippen molar-refractivity contribution in [3.8, 4) is 0 Å². The SMILES string of the molecule is CC.CC.O=C(O)CCC(=O)CC(=O)CCC(=O)O. The lowest BCUT2D eigenvalue weighted by molar-refractivity contribution is -0.139. The van der Waals surface area contributed by atoms with Crippen molar-refractivity contribution < 1.29 is 29.4 Å². The van der Waals surface area contributed by atoms with Crippen molar-refractivity contribution in [1.82, 2.24) is 0 Å². The van der Waals surface area contributed by atoms with E-state index in [1.165, 1.54) is 0 Å². The van der Waals surface area contributed by atoms with Crippen LogP contribution < -0.4 is 0 Å². The minimum atomic E-state index is -1.10. The Morgan fingerprint density at radius 3 is 1.11 bits per heavy atom. The Balaban J connectivity index is -0.000000579. The van der Waals surface area contributed by atoms with Gasteiger partial charge in [0.2, 0.25) is 0 Å². The molecule has 0 heterocycles. The maximum atomic E-state index is 11.0. The van der Waals surface area contributed by atoms with Gasteiger partial charge in [-0.05, 0) is 0 Å². The lowest BCUT2D eigenvalue weighted by Gasteiger charge is -1.97. The number of aliphatic carboxylic acids is 2. The molecule has 0 unspecified atom stereocenters. The van der Waals surface area contributed by atoms with Crippen molar-refractivity contribution in [1.29, 1.82) is 0 Å². The third-order valence-corrected chi connectivity index (χ3v) is 1.63. The maximum Gasteiger partial charge on any atom is 0.303 e. The van der Waals surface area contributed by atoms with E-state index in [1.807, 2.05) is 27.7 Å². The molecule has 0 aromatic rings. The molecule has 0 amide bonds. The lowest BCUT2D eigenvalue weighted by atomic mass is 10.1. The van der Waals surface area contributed by atoms with Crippen LogP contribution in [-0.2, 0) is 19.2 Å². The highest BCUT2D eigenvalue weighted by Gasteiger charge is 2.12. The fourth-order valence-corrected chi connectivity index (χ4v) is 0.889. The number of Topliss-reactive ketones (excluding diaryl/α,β-unsaturated/α-hetero) is 2. The fraction of sp³-hybridized carbons (Fsp3) is 0.692. The van der Waals surface area contributed by atoms with E-state index in [4.69, 9.17) is 10.2 Å². The molecule has 0 aliphatic carbocycles. The van der Waals surface area contributed by atoms with E-state index in [9.17, 15) is 19.2 Å². The third kappa shape index (κ3) is 22.0. The maximum absolute atomic E-state index is 11.0. The monoisotopic (exact) mass is 276 g/mol. The summed E-state index contributed by atoms with van der Waals surface area (Å²) in [5, 5.41) is 16.5. The normalized spacial score (nSPS) is 8.21. The van der Waals surface area contributed by atoms with Gasteiger partial charge in [-0.25, -0.2) is 0 Å². The number of hydrogen-bond acceptors (Lipinski definition) is 4. The van der Waals surface area contributed by atoms with Crippen LogP contribution in [0.25, 0.3) is 0 Å². The highest BCUT2D eigenvalue weighted by molar-refractivity contribution is 6.00. The molecule has 19 heavy (non-hydrogen) atoms. The van der Waals surface area contributed by atoms with Crippen LogP contribution in [0.5, 0.6) is 0 Å². The first-order chi connectivity index (χ1) is 8.91. The molecular weight excluding hydrogens is 252 g/mol. The first-order valence-electron chi connectivity index (χ1n) is 6.39. The number of carbonyl (C=O) groups excluding carboxylic acids is 2. The molecule has 6 nitrogen and oxygen atoms in total. The molecule has 0 rings (SSSR count). The molecule has 0 aromatic heterocycles. The van der Waals surface area contributed by atoms with Crippen LogP contribution >= 0.6 is 0 Å². The zero-order valence-corrected chi connectivity index (χ0v) is 12.1. The number of carbonyl (C=O) groups is 4. The zero-order valence-electron chi connectivity index (χ0n) is 12.1. The van der Waals surface area contributed by atoms with Crippen LogP contribution in [0, 0.1) is 0 Å². The summed E-state index contributed by atoms with van der Waals surface area (Å²) in [6, 6.07) is 0. The highest BCUT2D eigenvalue weighted by Crippen LogP contribution is 2.00. The fourth-order valence-electron chi connectivity index (χ4n) is 0.889. The quantitative estimate of drug-likeness (QED) is 0.658. The molecular formula is C13H24O6. The van der Waals surface area contributed by atoms with Crippen molar-refractivity contribution in [2.75, 3.05) is 0 Å². The van der Waals surface area contributed by atoms with Gasteiger partial charge >= 0.3 is 11.9 Å². The van der Waals surface area contributed by atoms with E-state index >= 15 is 0 Å². The molecule has 0 aromatic carbocycles. The Kier molecular flexibility index (Phi) is 19.2. The molecule has 0 radical (unpaired) electrons. The second kappa shape index (κ2) is 16.3. The smallest absolute Gasteiger partial charge is 0.303 e. The Morgan fingerprint density at radius 2 is 0.895 bits per heavy atom. The van der Waals surface area contributed by atoms with Crippen LogP contribution in [0.15, 0.2) is 0 Å². The summed E-state index contributed by atoms with van der Waals surface area (Å²) in [7, 11) is 0. The Bertz CT molecular complexity index is 255. The van der Waals surface area contributed by atoms with Gasteiger partial charge in [-0.1, -0.05) is 27.7 Å². The number of ketones is 2. The molecule has 0 atom stereocenters. The van der Waals surface area contributed by atoms with Crippen molar-refractivity contribution in [3.05, 3.63) is 0 Å². The van der Waals surface area contributed by atoms with Gasteiger partial charge in [0.1, 0.15) is 11.6 Å². The molecule has 112 valence electrons. The molecule has 2 N–H and O–H groups in total. The van der Waals surface area contributed by atoms with Crippen LogP contribution in [0.4, 0.5) is 0 Å². The predicted molar refractivity (Wildman–Crippen MR) is 71.1 cm³/mol. The Morgan fingerprint density at radius 1 is 0.632 bits per heavy atom. The topological polar surface area (TPSA) is 109 Å². The first-order valence-corrected chi connectivity index (χ1v) is 6.39. The molecule has 0 aliphatic heterocycles. The van der Waals surface area contributed by atoms with Crippen molar-refractivity contribution in [2.24, 2.45) is 0 Å². The molecule has 0 saturated carbocycles. The second-order valence-corrected chi connectivity index (χ2v) is 3.04. The molecule has 6 heteroatoms. The molecule has 0 aliphatic rings. The summed E-state index contributed by atoms with van der Waals surface area (Å²) >= 11 is 0. The van der Waals surface area contributed by atoms with Gasteiger partial charge in [0.25, 0.3) is 0 Å². The second-order valence-electron chi connectivity index (χ2n) is 3.04. The average Bonchev–Trinajstić information content (AvgIpc) is 2.38. The summed E-state index contributed by atoms with van der Waals surface area (Å²) in [5.74, 6) is -3.12. The number of hydrogen-bond donors (Lipinski definition) is 2.